The highest BCUT2D eigenvalue weighted by Crippen LogP contribution is 2.28. The van der Waals surface area contributed by atoms with Gasteiger partial charge in [0, 0.05) is 12.2 Å². The zero-order valence-corrected chi connectivity index (χ0v) is 17.8. The Kier molecular flexibility index (Phi) is 5.81. The van der Waals surface area contributed by atoms with E-state index in [2.05, 4.69) is 5.32 Å². The van der Waals surface area contributed by atoms with Crippen LogP contribution in [-0.4, -0.2) is 39.6 Å². The summed E-state index contributed by atoms with van der Waals surface area (Å²) in [5.41, 5.74) is 1.63. The Balaban J connectivity index is 1.85. The van der Waals surface area contributed by atoms with Crippen LogP contribution in [0.25, 0.3) is 0 Å². The van der Waals surface area contributed by atoms with Gasteiger partial charge in [-0.1, -0.05) is 23.8 Å². The van der Waals surface area contributed by atoms with Crippen molar-refractivity contribution in [2.24, 2.45) is 5.14 Å². The maximum Gasteiger partial charge on any atom is 0.243 e. The van der Waals surface area contributed by atoms with Gasteiger partial charge in [-0.2, -0.15) is 4.31 Å². The quantitative estimate of drug-likeness (QED) is 0.737. The number of carbonyl (C=O) groups excluding carboxylic acids is 1. The summed E-state index contributed by atoms with van der Waals surface area (Å²) in [6, 6.07) is 9.95. The number of sulfonamides is 2. The van der Waals surface area contributed by atoms with Gasteiger partial charge in [0.25, 0.3) is 0 Å². The van der Waals surface area contributed by atoms with Crippen molar-refractivity contribution in [3.8, 4) is 0 Å². The maximum absolute atomic E-state index is 13.0. The highest BCUT2D eigenvalue weighted by atomic mass is 32.2. The van der Waals surface area contributed by atoms with Crippen LogP contribution in [0.2, 0.25) is 0 Å². The van der Waals surface area contributed by atoms with Crippen molar-refractivity contribution in [3.05, 3.63) is 53.6 Å². The van der Waals surface area contributed by atoms with Crippen LogP contribution < -0.4 is 10.5 Å². The SMILES string of the molecule is Cc1ccc(S(=O)(=O)N2CCC[C@H]2C(=O)Nc2ccc(C)c(S(N)(=O)=O)c2)cc1. The average Bonchev–Trinajstić information content (AvgIpc) is 3.13. The van der Waals surface area contributed by atoms with E-state index in [0.29, 0.717) is 18.4 Å². The molecule has 0 radical (unpaired) electrons. The second-order valence-corrected chi connectivity index (χ2v) is 10.5. The summed E-state index contributed by atoms with van der Waals surface area (Å²) in [5, 5.41) is 7.83. The van der Waals surface area contributed by atoms with Gasteiger partial charge in [-0.05, 0) is 56.5 Å². The highest BCUT2D eigenvalue weighted by Gasteiger charge is 2.39. The molecule has 0 unspecified atom stereocenters. The molecular weight excluding hydrogens is 414 g/mol. The summed E-state index contributed by atoms with van der Waals surface area (Å²) >= 11 is 0. The lowest BCUT2D eigenvalue weighted by molar-refractivity contribution is -0.119. The van der Waals surface area contributed by atoms with Crippen LogP contribution in [0.5, 0.6) is 0 Å². The molecular formula is C19H23N3O5S2. The first-order chi connectivity index (χ1) is 13.5. The Morgan fingerprint density at radius 2 is 1.72 bits per heavy atom. The van der Waals surface area contributed by atoms with Crippen molar-refractivity contribution in [2.75, 3.05) is 11.9 Å². The van der Waals surface area contributed by atoms with Gasteiger partial charge in [-0.3, -0.25) is 4.79 Å². The van der Waals surface area contributed by atoms with Crippen LogP contribution in [0, 0.1) is 13.8 Å². The molecule has 156 valence electrons. The Bertz CT molecular complexity index is 1140. The van der Waals surface area contributed by atoms with Crippen molar-refractivity contribution in [2.45, 2.75) is 42.5 Å². The van der Waals surface area contributed by atoms with Crippen molar-refractivity contribution in [1.29, 1.82) is 0 Å². The van der Waals surface area contributed by atoms with E-state index < -0.39 is 32.0 Å². The van der Waals surface area contributed by atoms with E-state index in [9.17, 15) is 21.6 Å². The third kappa shape index (κ3) is 4.50. The summed E-state index contributed by atoms with van der Waals surface area (Å²) in [5.74, 6) is -0.512. The molecule has 1 fully saturated rings. The van der Waals surface area contributed by atoms with Crippen LogP contribution in [0.3, 0.4) is 0 Å². The lowest BCUT2D eigenvalue weighted by Crippen LogP contribution is -2.43. The minimum Gasteiger partial charge on any atom is -0.325 e. The standard InChI is InChI=1S/C19H23N3O5S2/c1-13-5-9-16(10-6-13)29(26,27)22-11-3-4-17(22)19(23)21-15-8-7-14(2)18(12-15)28(20,24)25/h5-10,12,17H,3-4,11H2,1-2H3,(H,21,23)(H2,20,24,25)/t17-/m0/s1. The van der Waals surface area contributed by atoms with E-state index >= 15 is 0 Å². The van der Waals surface area contributed by atoms with Crippen molar-refractivity contribution < 1.29 is 21.6 Å². The number of hydrogen-bond acceptors (Lipinski definition) is 5. The number of carbonyl (C=O) groups is 1. The number of benzene rings is 2. The van der Waals surface area contributed by atoms with E-state index in [0.717, 1.165) is 5.56 Å². The first-order valence-corrected chi connectivity index (χ1v) is 12.0. The van der Waals surface area contributed by atoms with Gasteiger partial charge in [0.1, 0.15) is 6.04 Å². The van der Waals surface area contributed by atoms with Crippen molar-refractivity contribution >= 4 is 31.6 Å². The van der Waals surface area contributed by atoms with Crippen molar-refractivity contribution in [1.82, 2.24) is 4.31 Å². The summed E-state index contributed by atoms with van der Waals surface area (Å²) < 4.78 is 50.6. The van der Waals surface area contributed by atoms with Crippen LogP contribution >= 0.6 is 0 Å². The van der Waals surface area contributed by atoms with Crippen LogP contribution in [0.1, 0.15) is 24.0 Å². The van der Waals surface area contributed by atoms with E-state index in [4.69, 9.17) is 5.14 Å². The van der Waals surface area contributed by atoms with E-state index in [1.54, 1.807) is 25.1 Å². The van der Waals surface area contributed by atoms with E-state index in [1.807, 2.05) is 6.92 Å². The van der Waals surface area contributed by atoms with Gasteiger partial charge < -0.3 is 5.32 Å². The number of primary sulfonamides is 1. The van der Waals surface area contributed by atoms with E-state index in [1.165, 1.54) is 28.6 Å². The van der Waals surface area contributed by atoms with Gasteiger partial charge in [0.2, 0.25) is 26.0 Å². The summed E-state index contributed by atoms with van der Waals surface area (Å²) in [6.07, 6.45) is 0.935. The molecule has 3 N–H and O–H groups in total. The summed E-state index contributed by atoms with van der Waals surface area (Å²) in [7, 11) is -7.77. The molecule has 0 aliphatic carbocycles. The third-order valence-corrected chi connectivity index (χ3v) is 7.87. The number of anilines is 1. The fourth-order valence-electron chi connectivity index (χ4n) is 3.35. The average molecular weight is 438 g/mol. The normalized spacial score (nSPS) is 18.0. The van der Waals surface area contributed by atoms with Gasteiger partial charge in [-0.15, -0.1) is 0 Å². The summed E-state index contributed by atoms with van der Waals surface area (Å²) in [6.45, 7) is 3.70. The Morgan fingerprint density at radius 1 is 1.07 bits per heavy atom. The van der Waals surface area contributed by atoms with Crippen LogP contribution in [0.4, 0.5) is 5.69 Å². The van der Waals surface area contributed by atoms with Crippen LogP contribution in [0.15, 0.2) is 52.3 Å². The molecule has 0 bridgehead atoms. The fourth-order valence-corrected chi connectivity index (χ4v) is 5.81. The predicted octanol–water partition coefficient (Wildman–Crippen LogP) is 1.74. The minimum atomic E-state index is -3.94. The molecule has 0 saturated carbocycles. The first kappa shape index (κ1) is 21.4. The monoisotopic (exact) mass is 437 g/mol. The number of hydrogen-bond donors (Lipinski definition) is 2. The van der Waals surface area contributed by atoms with Crippen molar-refractivity contribution in [3.63, 3.8) is 0 Å². The van der Waals surface area contributed by atoms with Gasteiger partial charge in [-0.25, -0.2) is 22.0 Å². The summed E-state index contributed by atoms with van der Waals surface area (Å²) in [4.78, 5) is 12.8. The first-order valence-electron chi connectivity index (χ1n) is 9.03. The minimum absolute atomic E-state index is 0.0918. The Labute approximate surface area is 170 Å². The molecule has 10 heteroatoms. The number of nitrogens with zero attached hydrogens (tertiary/aromatic N) is 1. The molecule has 2 aromatic rings. The lowest BCUT2D eigenvalue weighted by atomic mass is 10.2. The smallest absolute Gasteiger partial charge is 0.243 e. The molecule has 1 saturated heterocycles. The van der Waals surface area contributed by atoms with Gasteiger partial charge in [0.15, 0.2) is 0 Å². The molecule has 1 heterocycles. The molecule has 8 nitrogen and oxygen atoms in total. The number of nitrogens with one attached hydrogen (secondary N) is 1. The Hall–Kier alpha value is -2.27. The Morgan fingerprint density at radius 3 is 2.34 bits per heavy atom. The maximum atomic E-state index is 13.0. The topological polar surface area (TPSA) is 127 Å². The molecule has 3 rings (SSSR count). The van der Waals surface area contributed by atoms with Gasteiger partial charge >= 0.3 is 0 Å². The molecule has 1 atom stereocenters. The molecule has 1 aliphatic heterocycles. The largest absolute Gasteiger partial charge is 0.325 e. The number of aryl methyl sites for hydroxylation is 2. The zero-order valence-electron chi connectivity index (χ0n) is 16.1. The highest BCUT2D eigenvalue weighted by molar-refractivity contribution is 7.89. The second-order valence-electron chi connectivity index (χ2n) is 7.10. The molecule has 29 heavy (non-hydrogen) atoms. The number of rotatable bonds is 5. The zero-order chi connectivity index (χ0) is 21.4. The molecule has 0 aromatic heterocycles. The fraction of sp³-hybridized carbons (Fsp3) is 0.316. The number of nitrogens with two attached hydrogens (primary N) is 1. The molecule has 2 aromatic carbocycles. The second kappa shape index (κ2) is 7.86. The van der Waals surface area contributed by atoms with Gasteiger partial charge in [0.05, 0.1) is 9.79 Å². The third-order valence-electron chi connectivity index (χ3n) is 4.90. The lowest BCUT2D eigenvalue weighted by Gasteiger charge is -2.23. The number of amides is 1. The molecule has 0 spiro atoms. The van der Waals surface area contributed by atoms with Crippen LogP contribution in [-0.2, 0) is 24.8 Å². The predicted molar refractivity (Wildman–Crippen MR) is 109 cm³/mol. The molecule has 1 aliphatic rings. The molecule has 1 amide bonds. The van der Waals surface area contributed by atoms with E-state index in [-0.39, 0.29) is 22.0 Å².